The topological polar surface area (TPSA) is 87.3 Å². The van der Waals surface area contributed by atoms with Gasteiger partial charge >= 0.3 is 0 Å². The molecule has 0 saturated carbocycles. The summed E-state index contributed by atoms with van der Waals surface area (Å²) >= 11 is 0. The molecule has 1 aromatic rings. The molecule has 144 valence electrons. The van der Waals surface area contributed by atoms with Gasteiger partial charge in [-0.05, 0) is 30.9 Å². The van der Waals surface area contributed by atoms with Gasteiger partial charge in [0.1, 0.15) is 6.04 Å². The Kier molecular flexibility index (Phi) is 8.82. The lowest BCUT2D eigenvalue weighted by atomic mass is 10.0. The molecule has 1 aromatic carbocycles. The van der Waals surface area contributed by atoms with Crippen LogP contribution in [-0.4, -0.2) is 36.9 Å². The Hall–Kier alpha value is -2.37. The van der Waals surface area contributed by atoms with Crippen molar-refractivity contribution >= 4 is 17.7 Å². The summed E-state index contributed by atoms with van der Waals surface area (Å²) in [4.78, 5) is 36.5. The highest BCUT2D eigenvalue weighted by Crippen LogP contribution is 2.10. The van der Waals surface area contributed by atoms with E-state index in [9.17, 15) is 14.4 Å². The van der Waals surface area contributed by atoms with Crippen molar-refractivity contribution in [1.82, 2.24) is 16.0 Å². The smallest absolute Gasteiger partial charge is 0.252 e. The van der Waals surface area contributed by atoms with E-state index in [1.54, 1.807) is 12.1 Å². The van der Waals surface area contributed by atoms with E-state index in [4.69, 9.17) is 0 Å². The second kappa shape index (κ2) is 10.6. The van der Waals surface area contributed by atoms with E-state index < -0.39 is 6.04 Å². The molecule has 0 aliphatic heterocycles. The molecule has 3 amide bonds. The third-order valence-electron chi connectivity index (χ3n) is 3.97. The second-order valence-corrected chi connectivity index (χ2v) is 7.21. The zero-order valence-electron chi connectivity index (χ0n) is 16.4. The number of aryl methyl sites for hydroxylation is 1. The van der Waals surface area contributed by atoms with Crippen molar-refractivity contribution < 1.29 is 14.4 Å². The summed E-state index contributed by atoms with van der Waals surface area (Å²) < 4.78 is 0. The molecule has 26 heavy (non-hydrogen) atoms. The summed E-state index contributed by atoms with van der Waals surface area (Å²) in [5.74, 6) is -0.376. The standard InChI is InChI=1S/C20H31N3O3/c1-13(2)12-17(20(26)22-11-10-21-18(24)14(3)4)23-19(25)16-9-7-6-8-15(16)5/h6-9,13-14,17H,10-12H2,1-5H3,(H,21,24)(H,22,26)(H,23,25). The van der Waals surface area contributed by atoms with Crippen molar-refractivity contribution in [2.45, 2.75) is 47.1 Å². The predicted octanol–water partition coefficient (Wildman–Crippen LogP) is 2.03. The molecule has 0 aromatic heterocycles. The monoisotopic (exact) mass is 361 g/mol. The number of amides is 3. The van der Waals surface area contributed by atoms with Gasteiger partial charge in [0.2, 0.25) is 11.8 Å². The van der Waals surface area contributed by atoms with Gasteiger partial charge in [-0.25, -0.2) is 0 Å². The zero-order chi connectivity index (χ0) is 19.7. The number of carbonyl (C=O) groups excluding carboxylic acids is 3. The molecular weight excluding hydrogens is 330 g/mol. The lowest BCUT2D eigenvalue weighted by molar-refractivity contribution is -0.125. The first-order chi connectivity index (χ1) is 12.2. The molecule has 0 bridgehead atoms. The number of rotatable bonds is 9. The highest BCUT2D eigenvalue weighted by molar-refractivity contribution is 5.98. The van der Waals surface area contributed by atoms with Crippen molar-refractivity contribution in [3.05, 3.63) is 35.4 Å². The van der Waals surface area contributed by atoms with Gasteiger partial charge in [0.15, 0.2) is 0 Å². The minimum Gasteiger partial charge on any atom is -0.354 e. The molecule has 1 rings (SSSR count). The van der Waals surface area contributed by atoms with E-state index in [-0.39, 0.29) is 29.6 Å². The van der Waals surface area contributed by atoms with Crippen molar-refractivity contribution in [3.63, 3.8) is 0 Å². The predicted molar refractivity (Wildman–Crippen MR) is 103 cm³/mol. The molecule has 0 fully saturated rings. The van der Waals surface area contributed by atoms with E-state index >= 15 is 0 Å². The fourth-order valence-corrected chi connectivity index (χ4v) is 2.47. The van der Waals surface area contributed by atoms with Crippen LogP contribution in [0.1, 0.15) is 50.0 Å². The highest BCUT2D eigenvalue weighted by Gasteiger charge is 2.22. The summed E-state index contributed by atoms with van der Waals surface area (Å²) in [6, 6.07) is 6.68. The average molecular weight is 361 g/mol. The van der Waals surface area contributed by atoms with Crippen molar-refractivity contribution in [2.24, 2.45) is 11.8 Å². The molecule has 6 heteroatoms. The normalized spacial score (nSPS) is 12.0. The maximum atomic E-state index is 12.5. The van der Waals surface area contributed by atoms with Gasteiger partial charge in [-0.15, -0.1) is 0 Å². The van der Waals surface area contributed by atoms with Crippen molar-refractivity contribution in [2.75, 3.05) is 13.1 Å². The van der Waals surface area contributed by atoms with Gasteiger partial charge in [-0.1, -0.05) is 45.9 Å². The second-order valence-electron chi connectivity index (χ2n) is 7.21. The van der Waals surface area contributed by atoms with E-state index in [2.05, 4.69) is 16.0 Å². The molecule has 6 nitrogen and oxygen atoms in total. The first kappa shape index (κ1) is 21.7. The van der Waals surface area contributed by atoms with Crippen LogP contribution in [0.2, 0.25) is 0 Å². The van der Waals surface area contributed by atoms with Crippen LogP contribution in [0.3, 0.4) is 0 Å². The van der Waals surface area contributed by atoms with Crippen LogP contribution in [0.4, 0.5) is 0 Å². The number of hydrogen-bond acceptors (Lipinski definition) is 3. The zero-order valence-corrected chi connectivity index (χ0v) is 16.4. The van der Waals surface area contributed by atoms with Crippen LogP contribution in [0, 0.1) is 18.8 Å². The summed E-state index contributed by atoms with van der Waals surface area (Å²) in [7, 11) is 0. The van der Waals surface area contributed by atoms with E-state index in [1.165, 1.54) is 0 Å². The van der Waals surface area contributed by atoms with Crippen LogP contribution in [-0.2, 0) is 9.59 Å². The van der Waals surface area contributed by atoms with Gasteiger partial charge in [0.05, 0.1) is 0 Å². The SMILES string of the molecule is Cc1ccccc1C(=O)NC(CC(C)C)C(=O)NCCNC(=O)C(C)C. The molecule has 0 spiro atoms. The summed E-state index contributed by atoms with van der Waals surface area (Å²) in [5.41, 5.74) is 1.43. The van der Waals surface area contributed by atoms with Gasteiger partial charge < -0.3 is 16.0 Å². The maximum absolute atomic E-state index is 12.5. The largest absolute Gasteiger partial charge is 0.354 e. The summed E-state index contributed by atoms with van der Waals surface area (Å²) in [6.45, 7) is 10.2. The van der Waals surface area contributed by atoms with E-state index in [0.29, 0.717) is 25.1 Å². The van der Waals surface area contributed by atoms with Crippen LogP contribution in [0.25, 0.3) is 0 Å². The van der Waals surface area contributed by atoms with E-state index in [1.807, 2.05) is 46.8 Å². The fourth-order valence-electron chi connectivity index (χ4n) is 2.47. The van der Waals surface area contributed by atoms with Gasteiger partial charge in [-0.2, -0.15) is 0 Å². The molecular formula is C20H31N3O3. The van der Waals surface area contributed by atoms with Crippen LogP contribution < -0.4 is 16.0 Å². The third-order valence-corrected chi connectivity index (χ3v) is 3.97. The molecule has 0 heterocycles. The molecule has 3 N–H and O–H groups in total. The van der Waals surface area contributed by atoms with Crippen molar-refractivity contribution in [1.29, 1.82) is 0 Å². The molecule has 0 saturated heterocycles. The Labute approximate surface area is 156 Å². The Bertz CT molecular complexity index is 626. The number of hydrogen-bond donors (Lipinski definition) is 3. The number of benzene rings is 1. The average Bonchev–Trinajstić information content (AvgIpc) is 2.57. The molecule has 0 radical (unpaired) electrons. The third kappa shape index (κ3) is 7.25. The Morgan fingerprint density at radius 1 is 0.923 bits per heavy atom. The van der Waals surface area contributed by atoms with Crippen LogP contribution in [0.15, 0.2) is 24.3 Å². The highest BCUT2D eigenvalue weighted by atomic mass is 16.2. The summed E-state index contributed by atoms with van der Waals surface area (Å²) in [6.07, 6.45) is 0.543. The minimum absolute atomic E-state index is 0.0502. The number of carbonyl (C=O) groups is 3. The molecule has 1 atom stereocenters. The Morgan fingerprint density at radius 2 is 1.50 bits per heavy atom. The molecule has 1 unspecified atom stereocenters. The Morgan fingerprint density at radius 3 is 2.04 bits per heavy atom. The van der Waals surface area contributed by atoms with E-state index in [0.717, 1.165) is 5.56 Å². The maximum Gasteiger partial charge on any atom is 0.252 e. The van der Waals surface area contributed by atoms with Crippen LogP contribution >= 0.6 is 0 Å². The first-order valence-corrected chi connectivity index (χ1v) is 9.14. The quantitative estimate of drug-likeness (QED) is 0.588. The van der Waals surface area contributed by atoms with Crippen molar-refractivity contribution in [3.8, 4) is 0 Å². The van der Waals surface area contributed by atoms with Crippen LogP contribution in [0.5, 0.6) is 0 Å². The molecule has 0 aliphatic carbocycles. The van der Waals surface area contributed by atoms with Gasteiger partial charge in [-0.3, -0.25) is 14.4 Å². The Balaban J connectivity index is 2.62. The molecule has 0 aliphatic rings. The van der Waals surface area contributed by atoms with Gasteiger partial charge in [0.25, 0.3) is 5.91 Å². The summed E-state index contributed by atoms with van der Waals surface area (Å²) in [5, 5.41) is 8.37. The number of nitrogens with one attached hydrogen (secondary N) is 3. The lowest BCUT2D eigenvalue weighted by Crippen LogP contribution is -2.49. The lowest BCUT2D eigenvalue weighted by Gasteiger charge is -2.21. The fraction of sp³-hybridized carbons (Fsp3) is 0.550. The first-order valence-electron chi connectivity index (χ1n) is 9.14. The minimum atomic E-state index is -0.608. The van der Waals surface area contributed by atoms with Gasteiger partial charge in [0, 0.05) is 24.6 Å².